The van der Waals surface area contributed by atoms with Crippen molar-refractivity contribution >= 4 is 23.2 Å². The summed E-state index contributed by atoms with van der Waals surface area (Å²) in [5.74, 6) is 1.85. The van der Waals surface area contributed by atoms with Gasteiger partial charge in [-0.15, -0.1) is 0 Å². The summed E-state index contributed by atoms with van der Waals surface area (Å²) in [5.41, 5.74) is 2.17. The van der Waals surface area contributed by atoms with Crippen LogP contribution in [-0.2, 0) is 6.61 Å². The lowest BCUT2D eigenvalue weighted by Gasteiger charge is -2.08. The molecular weight excluding hydrogens is 366 g/mol. The highest BCUT2D eigenvalue weighted by Gasteiger charge is 2.14. The van der Waals surface area contributed by atoms with E-state index in [2.05, 4.69) is 5.32 Å². The Labute approximate surface area is 161 Å². The predicted molar refractivity (Wildman–Crippen MR) is 103 cm³/mol. The zero-order chi connectivity index (χ0) is 18.6. The van der Waals surface area contributed by atoms with Crippen molar-refractivity contribution in [3.63, 3.8) is 0 Å². The van der Waals surface area contributed by atoms with E-state index in [0.717, 1.165) is 11.3 Å². The molecule has 5 nitrogen and oxygen atoms in total. The summed E-state index contributed by atoms with van der Waals surface area (Å²) in [6.07, 6.45) is 0. The summed E-state index contributed by atoms with van der Waals surface area (Å²) in [7, 11) is 0. The lowest BCUT2D eigenvalue weighted by Crippen LogP contribution is -2.11. The molecule has 0 atom stereocenters. The highest BCUT2D eigenvalue weighted by atomic mass is 35.5. The molecule has 3 aromatic rings. The number of anilines is 1. The first-order valence-electron chi connectivity index (χ1n) is 8.36. The quantitative estimate of drug-likeness (QED) is 0.683. The minimum absolute atomic E-state index is 0.195. The number of rotatable bonds is 5. The van der Waals surface area contributed by atoms with Crippen molar-refractivity contribution in [1.82, 2.24) is 0 Å². The summed E-state index contributed by atoms with van der Waals surface area (Å²) in [4.78, 5) is 12.4. The molecule has 136 valence electrons. The van der Waals surface area contributed by atoms with Gasteiger partial charge in [0.1, 0.15) is 12.4 Å². The maximum atomic E-state index is 12.4. The number of benzene rings is 3. The summed E-state index contributed by atoms with van der Waals surface area (Å²) in [6, 6.07) is 19.7. The van der Waals surface area contributed by atoms with Crippen LogP contribution in [0.1, 0.15) is 15.9 Å². The first-order valence-corrected chi connectivity index (χ1v) is 8.73. The van der Waals surface area contributed by atoms with E-state index in [9.17, 15) is 4.79 Å². The van der Waals surface area contributed by atoms with Crippen molar-refractivity contribution in [1.29, 1.82) is 0 Å². The molecule has 1 aliphatic heterocycles. The molecule has 0 aromatic heterocycles. The number of carbonyl (C=O) groups excluding carboxylic acids is 1. The van der Waals surface area contributed by atoms with Crippen LogP contribution in [0.25, 0.3) is 0 Å². The number of ether oxygens (including phenoxy) is 3. The summed E-state index contributed by atoms with van der Waals surface area (Å²) >= 11 is 5.85. The zero-order valence-corrected chi connectivity index (χ0v) is 15.0. The van der Waals surface area contributed by atoms with Crippen molar-refractivity contribution in [3.8, 4) is 17.2 Å². The first kappa shape index (κ1) is 17.2. The number of fused-ring (bicyclic) bond motifs is 1. The van der Waals surface area contributed by atoms with Gasteiger partial charge in [-0.1, -0.05) is 23.7 Å². The molecule has 0 saturated heterocycles. The molecule has 6 heteroatoms. The van der Waals surface area contributed by atoms with Gasteiger partial charge in [0.2, 0.25) is 6.79 Å². The minimum Gasteiger partial charge on any atom is -0.489 e. The Morgan fingerprint density at radius 3 is 2.48 bits per heavy atom. The van der Waals surface area contributed by atoms with Crippen LogP contribution in [-0.4, -0.2) is 12.7 Å². The summed E-state index contributed by atoms with van der Waals surface area (Å²) < 4.78 is 16.3. The van der Waals surface area contributed by atoms with Crippen LogP contribution >= 0.6 is 11.6 Å². The maximum absolute atomic E-state index is 12.4. The van der Waals surface area contributed by atoms with E-state index >= 15 is 0 Å². The summed E-state index contributed by atoms with van der Waals surface area (Å²) in [5, 5.41) is 3.52. The average Bonchev–Trinajstić information content (AvgIpc) is 3.16. The molecular formula is C21H16ClNO4. The van der Waals surface area contributed by atoms with Gasteiger partial charge in [-0.2, -0.15) is 0 Å². The zero-order valence-electron chi connectivity index (χ0n) is 14.3. The third-order valence-corrected chi connectivity index (χ3v) is 4.32. The van der Waals surface area contributed by atoms with Crippen LogP contribution in [0.2, 0.25) is 5.02 Å². The Kier molecular flexibility index (Phi) is 4.85. The van der Waals surface area contributed by atoms with Gasteiger partial charge in [0.25, 0.3) is 5.91 Å². The number of amides is 1. The minimum atomic E-state index is -0.195. The fourth-order valence-corrected chi connectivity index (χ4v) is 2.75. The number of hydrogen-bond donors (Lipinski definition) is 1. The highest BCUT2D eigenvalue weighted by Crippen LogP contribution is 2.34. The topological polar surface area (TPSA) is 56.8 Å². The number of hydrogen-bond acceptors (Lipinski definition) is 4. The number of halogens is 1. The van der Waals surface area contributed by atoms with Gasteiger partial charge in [0, 0.05) is 22.3 Å². The van der Waals surface area contributed by atoms with E-state index in [1.807, 2.05) is 24.3 Å². The molecule has 0 saturated carbocycles. The molecule has 0 bridgehead atoms. The van der Waals surface area contributed by atoms with E-state index in [1.165, 1.54) is 0 Å². The maximum Gasteiger partial charge on any atom is 0.255 e. The molecule has 1 heterocycles. The van der Waals surface area contributed by atoms with E-state index < -0.39 is 0 Å². The van der Waals surface area contributed by atoms with Crippen LogP contribution in [0.4, 0.5) is 5.69 Å². The molecule has 1 amide bonds. The van der Waals surface area contributed by atoms with Crippen molar-refractivity contribution in [2.45, 2.75) is 6.61 Å². The second-order valence-corrected chi connectivity index (χ2v) is 6.40. The normalized spacial score (nSPS) is 11.9. The predicted octanol–water partition coefficient (Wildman–Crippen LogP) is 4.90. The molecule has 0 radical (unpaired) electrons. The van der Waals surface area contributed by atoms with Gasteiger partial charge in [0.05, 0.1) is 0 Å². The van der Waals surface area contributed by atoms with Crippen LogP contribution in [0.5, 0.6) is 17.2 Å². The fourth-order valence-electron chi connectivity index (χ4n) is 2.63. The van der Waals surface area contributed by atoms with Gasteiger partial charge >= 0.3 is 0 Å². The molecule has 0 spiro atoms. The second kappa shape index (κ2) is 7.60. The average molecular weight is 382 g/mol. The Bertz CT molecular complexity index is 955. The Balaban J connectivity index is 1.36. The monoisotopic (exact) mass is 381 g/mol. The van der Waals surface area contributed by atoms with Crippen molar-refractivity contribution in [3.05, 3.63) is 82.9 Å². The van der Waals surface area contributed by atoms with Crippen molar-refractivity contribution in [2.24, 2.45) is 0 Å². The molecule has 4 rings (SSSR count). The smallest absolute Gasteiger partial charge is 0.255 e. The SMILES string of the molecule is O=C(Nc1ccc2c(c1)OCO2)c1ccc(COc2ccc(Cl)cc2)cc1. The Morgan fingerprint density at radius 2 is 1.70 bits per heavy atom. The molecule has 27 heavy (non-hydrogen) atoms. The number of carbonyl (C=O) groups is 1. The van der Waals surface area contributed by atoms with Crippen LogP contribution in [0, 0.1) is 0 Å². The third-order valence-electron chi connectivity index (χ3n) is 4.07. The van der Waals surface area contributed by atoms with Crippen molar-refractivity contribution in [2.75, 3.05) is 12.1 Å². The Morgan fingerprint density at radius 1 is 0.963 bits per heavy atom. The molecule has 1 N–H and O–H groups in total. The molecule has 0 aliphatic carbocycles. The molecule has 1 aliphatic rings. The van der Waals surface area contributed by atoms with Gasteiger partial charge < -0.3 is 19.5 Å². The Hall–Kier alpha value is -3.18. The third kappa shape index (κ3) is 4.15. The fraction of sp³-hybridized carbons (Fsp3) is 0.0952. The number of nitrogens with one attached hydrogen (secondary N) is 1. The largest absolute Gasteiger partial charge is 0.489 e. The lowest BCUT2D eigenvalue weighted by atomic mass is 10.1. The van der Waals surface area contributed by atoms with E-state index in [0.29, 0.717) is 34.4 Å². The van der Waals surface area contributed by atoms with E-state index in [4.69, 9.17) is 25.8 Å². The lowest BCUT2D eigenvalue weighted by molar-refractivity contribution is 0.102. The van der Waals surface area contributed by atoms with Crippen molar-refractivity contribution < 1.29 is 19.0 Å². The van der Waals surface area contributed by atoms with Crippen LogP contribution < -0.4 is 19.5 Å². The standard InChI is InChI=1S/C21H16ClNO4/c22-16-5-8-18(9-6-16)25-12-14-1-3-15(4-2-14)21(24)23-17-7-10-19-20(11-17)27-13-26-19/h1-11H,12-13H2,(H,23,24). The van der Waals surface area contributed by atoms with Gasteiger partial charge in [-0.25, -0.2) is 0 Å². The van der Waals surface area contributed by atoms with Crippen LogP contribution in [0.15, 0.2) is 66.7 Å². The molecule has 0 unspecified atom stereocenters. The van der Waals surface area contributed by atoms with Crippen LogP contribution in [0.3, 0.4) is 0 Å². The molecule has 0 fully saturated rings. The van der Waals surface area contributed by atoms with Gasteiger partial charge in [-0.05, 0) is 54.1 Å². The van der Waals surface area contributed by atoms with E-state index in [1.54, 1.807) is 42.5 Å². The highest BCUT2D eigenvalue weighted by molar-refractivity contribution is 6.30. The van der Waals surface area contributed by atoms with E-state index in [-0.39, 0.29) is 12.7 Å². The van der Waals surface area contributed by atoms with Gasteiger partial charge in [-0.3, -0.25) is 4.79 Å². The van der Waals surface area contributed by atoms with Gasteiger partial charge in [0.15, 0.2) is 11.5 Å². The second-order valence-electron chi connectivity index (χ2n) is 5.96. The summed E-state index contributed by atoms with van der Waals surface area (Å²) in [6.45, 7) is 0.609. The molecule has 3 aromatic carbocycles. The first-order chi connectivity index (χ1) is 13.2.